The van der Waals surface area contributed by atoms with Gasteiger partial charge >= 0.3 is 12.0 Å². The quantitative estimate of drug-likeness (QED) is 0.842. The molecular weight excluding hydrogens is 278 g/mol. The molecule has 2 saturated heterocycles. The fourth-order valence-corrected chi connectivity index (χ4v) is 3.96. The lowest BCUT2D eigenvalue weighted by atomic mass is 10.0. The summed E-state index contributed by atoms with van der Waals surface area (Å²) in [5.74, 6) is 0.0643. The molecule has 0 radical (unpaired) electrons. The minimum atomic E-state index is -0.905. The molecule has 2 rings (SSSR count). The van der Waals surface area contributed by atoms with Gasteiger partial charge in [-0.3, -0.25) is 0 Å². The van der Waals surface area contributed by atoms with Gasteiger partial charge in [-0.25, -0.2) is 9.59 Å². The zero-order valence-corrected chi connectivity index (χ0v) is 12.9. The molecule has 6 nitrogen and oxygen atoms in total. The van der Waals surface area contributed by atoms with Gasteiger partial charge in [-0.1, -0.05) is 6.92 Å². The van der Waals surface area contributed by atoms with E-state index in [0.717, 1.165) is 32.5 Å². The molecule has 0 bridgehead atoms. The molecule has 2 heterocycles. The molecule has 0 saturated carbocycles. The summed E-state index contributed by atoms with van der Waals surface area (Å²) >= 11 is 1.50. The number of hydrogen-bond acceptors (Lipinski definition) is 4. The first-order chi connectivity index (χ1) is 9.54. The number of carbonyl (C=O) groups excluding carboxylic acids is 1. The standard InChI is InChI=1S/C13H23N3O3S/c1-3-15-6-4-10(5-7-15)14(2)13(19)16-9-20-8-11(16)12(17)18/h10-11H,3-9H2,1-2H3,(H,17,18). The van der Waals surface area contributed by atoms with Crippen LogP contribution in [0.5, 0.6) is 0 Å². The molecular formula is C13H23N3O3S. The number of carbonyl (C=O) groups is 2. The van der Waals surface area contributed by atoms with Crippen LogP contribution in [0, 0.1) is 0 Å². The number of thioether (sulfide) groups is 1. The predicted octanol–water partition coefficient (Wildman–Crippen LogP) is 0.982. The van der Waals surface area contributed by atoms with E-state index >= 15 is 0 Å². The molecule has 0 spiro atoms. The second kappa shape index (κ2) is 6.67. The fraction of sp³-hybridized carbons (Fsp3) is 0.846. The Morgan fingerprint density at radius 2 is 2.00 bits per heavy atom. The summed E-state index contributed by atoms with van der Waals surface area (Å²) in [7, 11) is 1.80. The van der Waals surface area contributed by atoms with Crippen LogP contribution >= 0.6 is 11.8 Å². The number of aliphatic carboxylic acids is 1. The van der Waals surface area contributed by atoms with Crippen LogP contribution in [0.2, 0.25) is 0 Å². The summed E-state index contributed by atoms with van der Waals surface area (Å²) < 4.78 is 0. The van der Waals surface area contributed by atoms with E-state index in [-0.39, 0.29) is 12.1 Å². The normalized spacial score (nSPS) is 24.9. The second-order valence-electron chi connectivity index (χ2n) is 5.38. The highest BCUT2D eigenvalue weighted by Crippen LogP contribution is 2.24. The van der Waals surface area contributed by atoms with Gasteiger partial charge in [0.05, 0.1) is 5.88 Å². The van der Waals surface area contributed by atoms with E-state index in [0.29, 0.717) is 11.6 Å². The lowest BCUT2D eigenvalue weighted by molar-refractivity contribution is -0.141. The van der Waals surface area contributed by atoms with Crippen LogP contribution < -0.4 is 0 Å². The second-order valence-corrected chi connectivity index (χ2v) is 6.38. The topological polar surface area (TPSA) is 64.1 Å². The van der Waals surface area contributed by atoms with E-state index in [1.807, 2.05) is 0 Å². The van der Waals surface area contributed by atoms with Gasteiger partial charge in [-0.2, -0.15) is 0 Å². The molecule has 2 amide bonds. The molecule has 2 fully saturated rings. The lowest BCUT2D eigenvalue weighted by Gasteiger charge is -2.38. The summed E-state index contributed by atoms with van der Waals surface area (Å²) in [6.45, 7) is 5.22. The van der Waals surface area contributed by atoms with Gasteiger partial charge in [0.2, 0.25) is 0 Å². The number of carboxylic acids is 1. The monoisotopic (exact) mass is 301 g/mol. The number of hydrogen-bond donors (Lipinski definition) is 1. The van der Waals surface area contributed by atoms with E-state index in [2.05, 4.69) is 11.8 Å². The van der Waals surface area contributed by atoms with Crippen LogP contribution in [0.3, 0.4) is 0 Å². The van der Waals surface area contributed by atoms with Crippen molar-refractivity contribution in [3.63, 3.8) is 0 Å². The Bertz CT molecular complexity index is 372. The summed E-state index contributed by atoms with van der Waals surface area (Å²) in [4.78, 5) is 29.2. The smallest absolute Gasteiger partial charge is 0.327 e. The zero-order valence-electron chi connectivity index (χ0n) is 12.1. The Morgan fingerprint density at radius 3 is 2.55 bits per heavy atom. The van der Waals surface area contributed by atoms with Gasteiger partial charge in [0.25, 0.3) is 0 Å². The molecule has 1 atom stereocenters. The number of likely N-dealkylation sites (tertiary alicyclic amines) is 1. The Morgan fingerprint density at radius 1 is 1.35 bits per heavy atom. The number of piperidine rings is 1. The molecule has 2 aliphatic heterocycles. The summed E-state index contributed by atoms with van der Waals surface area (Å²) in [6, 6.07) is -0.589. The van der Waals surface area contributed by atoms with Crippen LogP contribution in [0.25, 0.3) is 0 Å². The van der Waals surface area contributed by atoms with Gasteiger partial charge < -0.3 is 19.8 Å². The highest BCUT2D eigenvalue weighted by molar-refractivity contribution is 7.99. The lowest BCUT2D eigenvalue weighted by Crippen LogP contribution is -2.52. The molecule has 20 heavy (non-hydrogen) atoms. The van der Waals surface area contributed by atoms with Gasteiger partial charge in [0.15, 0.2) is 0 Å². The molecule has 1 unspecified atom stereocenters. The maximum absolute atomic E-state index is 12.5. The van der Waals surface area contributed by atoms with E-state index in [4.69, 9.17) is 5.11 Å². The van der Waals surface area contributed by atoms with E-state index in [1.54, 1.807) is 11.9 Å². The Kier molecular flexibility index (Phi) is 5.15. The van der Waals surface area contributed by atoms with Gasteiger partial charge in [0.1, 0.15) is 6.04 Å². The average Bonchev–Trinajstić information content (AvgIpc) is 2.95. The number of carboxylic acid groups (broad SMARTS) is 1. The molecule has 0 aromatic carbocycles. The third kappa shape index (κ3) is 3.20. The highest BCUT2D eigenvalue weighted by Gasteiger charge is 2.37. The first kappa shape index (κ1) is 15.4. The van der Waals surface area contributed by atoms with Crippen molar-refractivity contribution >= 4 is 23.8 Å². The van der Waals surface area contributed by atoms with E-state index in [1.165, 1.54) is 16.7 Å². The van der Waals surface area contributed by atoms with Gasteiger partial charge in [-0.05, 0) is 19.4 Å². The molecule has 114 valence electrons. The minimum Gasteiger partial charge on any atom is -0.480 e. The largest absolute Gasteiger partial charge is 0.480 e. The summed E-state index contributed by atoms with van der Waals surface area (Å²) in [6.07, 6.45) is 1.93. The van der Waals surface area contributed by atoms with Crippen molar-refractivity contribution in [3.05, 3.63) is 0 Å². The third-order valence-corrected chi connectivity index (χ3v) is 5.28. The Labute approximate surface area is 124 Å². The molecule has 1 N–H and O–H groups in total. The van der Waals surface area contributed by atoms with Gasteiger partial charge in [-0.15, -0.1) is 11.8 Å². The van der Waals surface area contributed by atoms with Crippen LogP contribution in [0.4, 0.5) is 4.79 Å². The van der Waals surface area contributed by atoms with Crippen LogP contribution in [-0.4, -0.2) is 82.2 Å². The first-order valence-corrected chi connectivity index (χ1v) is 8.26. The van der Waals surface area contributed by atoms with Crippen LogP contribution in [0.1, 0.15) is 19.8 Å². The molecule has 2 aliphatic rings. The molecule has 0 aromatic rings. The van der Waals surface area contributed by atoms with E-state index < -0.39 is 12.0 Å². The maximum Gasteiger partial charge on any atom is 0.327 e. The van der Waals surface area contributed by atoms with Crippen molar-refractivity contribution in [2.24, 2.45) is 0 Å². The predicted molar refractivity (Wildman–Crippen MR) is 78.9 cm³/mol. The zero-order chi connectivity index (χ0) is 14.7. The minimum absolute atomic E-state index is 0.141. The maximum atomic E-state index is 12.5. The van der Waals surface area contributed by atoms with Crippen LogP contribution in [-0.2, 0) is 4.79 Å². The number of rotatable bonds is 3. The van der Waals surface area contributed by atoms with Crippen LogP contribution in [0.15, 0.2) is 0 Å². The average molecular weight is 301 g/mol. The number of amides is 2. The molecule has 7 heteroatoms. The fourth-order valence-electron chi connectivity index (χ4n) is 2.82. The Hall–Kier alpha value is -0.950. The van der Waals surface area contributed by atoms with Crippen molar-refractivity contribution in [1.29, 1.82) is 0 Å². The Balaban J connectivity index is 1.93. The SMILES string of the molecule is CCN1CCC(N(C)C(=O)N2CSCC2C(=O)O)CC1. The van der Waals surface area contributed by atoms with Gasteiger partial charge in [0, 0.05) is 31.9 Å². The number of urea groups is 1. The number of nitrogens with zero attached hydrogens (tertiary/aromatic N) is 3. The summed E-state index contributed by atoms with van der Waals surface area (Å²) in [5.41, 5.74) is 0. The molecule has 0 aliphatic carbocycles. The van der Waals surface area contributed by atoms with Crippen molar-refractivity contribution in [3.8, 4) is 0 Å². The van der Waals surface area contributed by atoms with Crippen molar-refractivity contribution < 1.29 is 14.7 Å². The first-order valence-electron chi connectivity index (χ1n) is 7.11. The highest BCUT2D eigenvalue weighted by atomic mass is 32.2. The van der Waals surface area contributed by atoms with E-state index in [9.17, 15) is 9.59 Å². The summed E-state index contributed by atoms with van der Waals surface area (Å²) in [5, 5.41) is 9.16. The van der Waals surface area contributed by atoms with Crippen molar-refractivity contribution in [2.75, 3.05) is 38.3 Å². The van der Waals surface area contributed by atoms with Crippen molar-refractivity contribution in [1.82, 2.24) is 14.7 Å². The molecule has 0 aromatic heterocycles. The van der Waals surface area contributed by atoms with Crippen molar-refractivity contribution in [2.45, 2.75) is 31.8 Å². The third-order valence-electron chi connectivity index (χ3n) is 4.27.